The largest absolute Gasteiger partial charge is 0.295 e. The molecule has 0 saturated carbocycles. The first-order chi connectivity index (χ1) is 9.08. The minimum atomic E-state index is 0.0744. The van der Waals surface area contributed by atoms with Crippen molar-refractivity contribution < 1.29 is 4.79 Å². The molecular weight excluding hydrogens is 234 g/mol. The van der Waals surface area contributed by atoms with Gasteiger partial charge in [-0.15, -0.1) is 0 Å². The average Bonchev–Trinajstić information content (AvgIpc) is 2.40. The molecule has 0 aliphatic rings. The molecule has 1 heterocycles. The molecule has 1 aromatic heterocycles. The van der Waals surface area contributed by atoms with E-state index >= 15 is 0 Å². The van der Waals surface area contributed by atoms with Gasteiger partial charge < -0.3 is 0 Å². The fourth-order valence-electron chi connectivity index (χ4n) is 1.87. The number of hydrogen-bond acceptors (Lipinski definition) is 2. The van der Waals surface area contributed by atoms with Gasteiger partial charge in [0.2, 0.25) is 0 Å². The quantitative estimate of drug-likeness (QED) is 0.734. The van der Waals surface area contributed by atoms with E-state index in [1.807, 2.05) is 64.1 Å². The summed E-state index contributed by atoms with van der Waals surface area (Å²) in [4.78, 5) is 15.9. The van der Waals surface area contributed by atoms with Crippen LogP contribution < -0.4 is 0 Å². The van der Waals surface area contributed by atoms with Gasteiger partial charge in [0, 0.05) is 16.8 Å². The number of aromatic nitrogens is 1. The third-order valence-corrected chi connectivity index (χ3v) is 2.78. The summed E-state index contributed by atoms with van der Waals surface area (Å²) in [5, 5.41) is 0. The monoisotopic (exact) mass is 255 g/mol. The zero-order valence-corrected chi connectivity index (χ0v) is 12.3. The maximum Gasteiger partial charge on any atom is 0.159 e. The molecule has 0 fully saturated rings. The number of carbonyl (C=O) groups excluding carboxylic acids is 1. The lowest BCUT2D eigenvalue weighted by Gasteiger charge is -2.07. The molecule has 2 aromatic rings. The predicted molar refractivity (Wildman–Crippen MR) is 80.5 cm³/mol. The van der Waals surface area contributed by atoms with Gasteiger partial charge in [0.25, 0.3) is 0 Å². The van der Waals surface area contributed by atoms with Crippen LogP contribution in [0.5, 0.6) is 0 Å². The van der Waals surface area contributed by atoms with E-state index in [9.17, 15) is 4.79 Å². The van der Waals surface area contributed by atoms with Gasteiger partial charge in [-0.25, -0.2) is 0 Å². The Morgan fingerprint density at radius 2 is 1.68 bits per heavy atom. The molecule has 19 heavy (non-hydrogen) atoms. The summed E-state index contributed by atoms with van der Waals surface area (Å²) in [7, 11) is 0. The number of aryl methyl sites for hydroxylation is 2. The van der Waals surface area contributed by atoms with Crippen LogP contribution in [0.25, 0.3) is 11.3 Å². The molecule has 0 amide bonds. The second-order valence-electron chi connectivity index (χ2n) is 4.25. The zero-order chi connectivity index (χ0) is 14.4. The zero-order valence-electron chi connectivity index (χ0n) is 12.3. The van der Waals surface area contributed by atoms with Gasteiger partial charge in [0.1, 0.15) is 0 Å². The van der Waals surface area contributed by atoms with Crippen molar-refractivity contribution in [2.24, 2.45) is 0 Å². The van der Waals surface area contributed by atoms with E-state index in [4.69, 9.17) is 0 Å². The molecule has 2 heteroatoms. The van der Waals surface area contributed by atoms with Crippen LogP contribution in [0.3, 0.4) is 0 Å². The molecule has 0 unspecified atom stereocenters. The van der Waals surface area contributed by atoms with Crippen LogP contribution in [0, 0.1) is 13.8 Å². The van der Waals surface area contributed by atoms with Gasteiger partial charge in [-0.3, -0.25) is 9.78 Å². The van der Waals surface area contributed by atoms with Crippen LogP contribution >= 0.6 is 0 Å². The molecule has 0 N–H and O–H groups in total. The van der Waals surface area contributed by atoms with Crippen molar-refractivity contribution in [2.45, 2.75) is 34.6 Å². The minimum absolute atomic E-state index is 0.0744. The molecule has 0 aliphatic heterocycles. The van der Waals surface area contributed by atoms with Crippen molar-refractivity contribution in [1.29, 1.82) is 0 Å². The molecule has 0 spiro atoms. The highest BCUT2D eigenvalue weighted by atomic mass is 16.1. The molecule has 0 saturated heterocycles. The number of benzene rings is 1. The van der Waals surface area contributed by atoms with Gasteiger partial charge in [-0.2, -0.15) is 0 Å². The first-order valence-electron chi connectivity index (χ1n) is 6.63. The third-order valence-electron chi connectivity index (χ3n) is 2.78. The Bertz CT molecular complexity index is 573. The van der Waals surface area contributed by atoms with E-state index in [0.29, 0.717) is 0 Å². The topological polar surface area (TPSA) is 30.0 Å². The van der Waals surface area contributed by atoms with Crippen molar-refractivity contribution in [3.05, 3.63) is 53.2 Å². The number of pyridine rings is 1. The Hall–Kier alpha value is -1.96. The fourth-order valence-corrected chi connectivity index (χ4v) is 1.87. The van der Waals surface area contributed by atoms with Crippen molar-refractivity contribution in [3.63, 3.8) is 0 Å². The molecular formula is C17H21NO. The van der Waals surface area contributed by atoms with Crippen LogP contribution in [-0.2, 0) is 0 Å². The summed E-state index contributed by atoms with van der Waals surface area (Å²) in [5.74, 6) is 0.0744. The van der Waals surface area contributed by atoms with Gasteiger partial charge in [0.05, 0.1) is 5.69 Å². The molecule has 0 radical (unpaired) electrons. The van der Waals surface area contributed by atoms with E-state index in [-0.39, 0.29) is 5.78 Å². The lowest BCUT2D eigenvalue weighted by atomic mass is 10.0. The van der Waals surface area contributed by atoms with Gasteiger partial charge in [-0.05, 0) is 38.5 Å². The summed E-state index contributed by atoms with van der Waals surface area (Å²) in [6.07, 6.45) is 0. The van der Waals surface area contributed by atoms with E-state index in [2.05, 4.69) is 4.98 Å². The van der Waals surface area contributed by atoms with Gasteiger partial charge in [-0.1, -0.05) is 38.1 Å². The standard InChI is InChI=1S/C15H15NO.C2H6/c1-10-6-4-5-7-14(10)15-9-13(12(3)17)8-11(2)16-15;1-2/h4-9H,1-3H3;1-2H3. The van der Waals surface area contributed by atoms with Crippen molar-refractivity contribution in [3.8, 4) is 11.3 Å². The Morgan fingerprint density at radius 3 is 2.26 bits per heavy atom. The highest BCUT2D eigenvalue weighted by molar-refractivity contribution is 5.95. The molecule has 1 aromatic carbocycles. The third kappa shape index (κ3) is 3.75. The van der Waals surface area contributed by atoms with Crippen molar-refractivity contribution >= 4 is 5.78 Å². The van der Waals surface area contributed by atoms with E-state index in [1.54, 1.807) is 6.92 Å². The van der Waals surface area contributed by atoms with Crippen LogP contribution in [0.2, 0.25) is 0 Å². The number of carbonyl (C=O) groups is 1. The second kappa shape index (κ2) is 6.83. The summed E-state index contributed by atoms with van der Waals surface area (Å²) >= 11 is 0. The lowest BCUT2D eigenvalue weighted by Crippen LogP contribution is -1.97. The predicted octanol–water partition coefficient (Wildman–Crippen LogP) is 4.59. The highest BCUT2D eigenvalue weighted by Crippen LogP contribution is 2.22. The van der Waals surface area contributed by atoms with E-state index in [0.717, 1.165) is 22.5 Å². The first kappa shape index (κ1) is 15.1. The lowest BCUT2D eigenvalue weighted by molar-refractivity contribution is 0.101. The summed E-state index contributed by atoms with van der Waals surface area (Å²) < 4.78 is 0. The Morgan fingerprint density at radius 1 is 1.05 bits per heavy atom. The van der Waals surface area contributed by atoms with Crippen molar-refractivity contribution in [1.82, 2.24) is 4.98 Å². The molecule has 0 bridgehead atoms. The highest BCUT2D eigenvalue weighted by Gasteiger charge is 2.07. The van der Waals surface area contributed by atoms with Crippen molar-refractivity contribution in [2.75, 3.05) is 0 Å². The molecule has 2 nitrogen and oxygen atoms in total. The number of Topliss-reactive ketones (excluding diaryl/α,β-unsaturated/α-hetero) is 1. The van der Waals surface area contributed by atoms with E-state index < -0.39 is 0 Å². The van der Waals surface area contributed by atoms with Gasteiger partial charge >= 0.3 is 0 Å². The van der Waals surface area contributed by atoms with E-state index in [1.165, 1.54) is 5.56 Å². The minimum Gasteiger partial charge on any atom is -0.295 e. The van der Waals surface area contributed by atoms with Crippen LogP contribution in [0.4, 0.5) is 0 Å². The molecule has 0 atom stereocenters. The SMILES string of the molecule is CC.CC(=O)c1cc(C)nc(-c2ccccc2C)c1. The first-order valence-corrected chi connectivity index (χ1v) is 6.63. The Kier molecular flexibility index (Phi) is 5.43. The normalized spacial score (nSPS) is 9.53. The molecule has 2 rings (SSSR count). The number of rotatable bonds is 2. The number of nitrogens with zero attached hydrogens (tertiary/aromatic N) is 1. The van der Waals surface area contributed by atoms with Crippen LogP contribution in [0.15, 0.2) is 36.4 Å². The maximum absolute atomic E-state index is 11.4. The number of hydrogen-bond donors (Lipinski definition) is 0. The Labute approximate surface area is 115 Å². The maximum atomic E-state index is 11.4. The van der Waals surface area contributed by atoms with Crippen LogP contribution in [0.1, 0.15) is 42.4 Å². The smallest absolute Gasteiger partial charge is 0.159 e. The summed E-state index contributed by atoms with van der Waals surface area (Å²) in [6, 6.07) is 11.7. The molecule has 100 valence electrons. The second-order valence-corrected chi connectivity index (χ2v) is 4.25. The Balaban J connectivity index is 0.000000861. The summed E-state index contributed by atoms with van der Waals surface area (Å²) in [5.41, 5.74) is 4.71. The van der Waals surface area contributed by atoms with Crippen LogP contribution in [-0.4, -0.2) is 10.8 Å². The van der Waals surface area contributed by atoms with Gasteiger partial charge in [0.15, 0.2) is 5.78 Å². The summed E-state index contributed by atoms with van der Waals surface area (Å²) in [6.45, 7) is 9.54. The average molecular weight is 255 g/mol. The fraction of sp³-hybridized carbons (Fsp3) is 0.294. The number of ketones is 1. The molecule has 0 aliphatic carbocycles.